The van der Waals surface area contributed by atoms with Crippen molar-refractivity contribution in [3.8, 4) is 11.5 Å². The van der Waals surface area contributed by atoms with Crippen molar-refractivity contribution in [3.05, 3.63) is 36.4 Å². The first-order valence-corrected chi connectivity index (χ1v) is 7.93. The molecular weight excluding hydrogens is 312 g/mol. The van der Waals surface area contributed by atoms with Crippen LogP contribution in [0.1, 0.15) is 18.4 Å². The highest BCUT2D eigenvalue weighted by Gasteiger charge is 2.05. The Morgan fingerprint density at radius 3 is 2.61 bits per heavy atom. The summed E-state index contributed by atoms with van der Waals surface area (Å²) in [6, 6.07) is 6.05. The molecule has 132 valence electrons. The van der Waals surface area contributed by atoms with E-state index in [-0.39, 0.29) is 12.4 Å². The number of ether oxygens (including phenoxy) is 2. The lowest BCUT2D eigenvalue weighted by atomic mass is 10.1. The van der Waals surface area contributed by atoms with Gasteiger partial charge in [-0.25, -0.2) is 0 Å². The molecule has 23 heavy (non-hydrogen) atoms. The summed E-state index contributed by atoms with van der Waals surface area (Å²) in [5.41, 5.74) is 1.18. The van der Waals surface area contributed by atoms with E-state index in [2.05, 4.69) is 37.0 Å². The van der Waals surface area contributed by atoms with E-state index in [4.69, 9.17) is 9.47 Å². The van der Waals surface area contributed by atoms with Crippen LogP contribution in [0.3, 0.4) is 0 Å². The van der Waals surface area contributed by atoms with E-state index in [0.717, 1.165) is 50.4 Å². The summed E-state index contributed by atoms with van der Waals surface area (Å²) >= 11 is 0. The lowest BCUT2D eigenvalue weighted by Crippen LogP contribution is -3.00. The number of unbranched alkanes of at least 4 members (excludes halogenated alkanes) is 1. The van der Waals surface area contributed by atoms with Gasteiger partial charge in [-0.1, -0.05) is 12.1 Å². The van der Waals surface area contributed by atoms with Gasteiger partial charge in [0.1, 0.15) is 0 Å². The quantitative estimate of drug-likeness (QED) is 0.419. The van der Waals surface area contributed by atoms with Gasteiger partial charge in [0.15, 0.2) is 11.5 Å². The first-order chi connectivity index (χ1) is 10.7. The van der Waals surface area contributed by atoms with Crippen LogP contribution in [-0.4, -0.2) is 52.3 Å². The van der Waals surface area contributed by atoms with Gasteiger partial charge in [0.05, 0.1) is 13.7 Å². The Morgan fingerprint density at radius 1 is 1.17 bits per heavy atom. The maximum atomic E-state index is 5.82. The predicted octanol–water partition coefficient (Wildman–Crippen LogP) is -0.262. The summed E-state index contributed by atoms with van der Waals surface area (Å²) in [5, 5.41) is 3.43. The molecule has 0 aliphatic carbocycles. The van der Waals surface area contributed by atoms with Crippen molar-refractivity contribution in [2.75, 3.05) is 47.4 Å². The Bertz CT molecular complexity index is 439. The number of hydrogen-bond acceptors (Lipinski definition) is 4. The SMILES string of the molecule is C=CCc1ccc(OCCCCNCCN(C)C)c(OC)c1.[Cl-]. The fourth-order valence-electron chi connectivity index (χ4n) is 2.09. The van der Waals surface area contributed by atoms with Gasteiger partial charge in [-0.3, -0.25) is 0 Å². The number of methoxy groups -OCH3 is 1. The lowest BCUT2D eigenvalue weighted by Gasteiger charge is -2.12. The largest absolute Gasteiger partial charge is 1.00 e. The number of rotatable bonds is 12. The van der Waals surface area contributed by atoms with E-state index >= 15 is 0 Å². The topological polar surface area (TPSA) is 33.7 Å². The van der Waals surface area contributed by atoms with E-state index < -0.39 is 0 Å². The molecule has 1 rings (SSSR count). The standard InChI is InChI=1S/C18H30N2O2.ClH/c1-5-8-16-9-10-17(18(15-16)21-4)22-14-7-6-11-19-12-13-20(2)3;/h5,9-10,15,19H,1,6-8,11-14H2,2-4H3;1H/p-1. The number of benzene rings is 1. The van der Waals surface area contributed by atoms with E-state index in [0.29, 0.717) is 6.61 Å². The van der Waals surface area contributed by atoms with Gasteiger partial charge in [0.25, 0.3) is 0 Å². The van der Waals surface area contributed by atoms with Crippen LogP contribution in [0.2, 0.25) is 0 Å². The third kappa shape index (κ3) is 9.49. The molecule has 0 aliphatic heterocycles. The molecule has 1 aromatic rings. The van der Waals surface area contributed by atoms with Crippen molar-refractivity contribution in [2.24, 2.45) is 0 Å². The molecule has 1 N–H and O–H groups in total. The molecule has 0 aromatic heterocycles. The minimum Gasteiger partial charge on any atom is -1.00 e. The molecule has 0 saturated carbocycles. The van der Waals surface area contributed by atoms with Crippen LogP contribution in [0.4, 0.5) is 0 Å². The summed E-state index contributed by atoms with van der Waals surface area (Å²) < 4.78 is 11.2. The summed E-state index contributed by atoms with van der Waals surface area (Å²) in [7, 11) is 5.85. The van der Waals surface area contributed by atoms with E-state index in [1.54, 1.807) is 7.11 Å². The van der Waals surface area contributed by atoms with Gasteiger partial charge in [0, 0.05) is 13.1 Å². The predicted molar refractivity (Wildman–Crippen MR) is 93.0 cm³/mol. The average molecular weight is 342 g/mol. The maximum absolute atomic E-state index is 5.82. The van der Waals surface area contributed by atoms with E-state index in [1.165, 1.54) is 5.56 Å². The molecule has 5 heteroatoms. The van der Waals surface area contributed by atoms with Gasteiger partial charge in [-0.05, 0) is 57.6 Å². The number of halogens is 1. The van der Waals surface area contributed by atoms with Gasteiger partial charge in [0.2, 0.25) is 0 Å². The zero-order valence-electron chi connectivity index (χ0n) is 14.6. The molecule has 0 saturated heterocycles. The number of allylic oxidation sites excluding steroid dienone is 1. The van der Waals surface area contributed by atoms with Crippen molar-refractivity contribution >= 4 is 0 Å². The van der Waals surface area contributed by atoms with Crippen LogP contribution in [0.15, 0.2) is 30.9 Å². The third-order valence-corrected chi connectivity index (χ3v) is 3.35. The van der Waals surface area contributed by atoms with Gasteiger partial charge in [-0.2, -0.15) is 0 Å². The zero-order chi connectivity index (χ0) is 16.2. The van der Waals surface area contributed by atoms with Gasteiger partial charge >= 0.3 is 0 Å². The Labute approximate surface area is 147 Å². The molecule has 0 heterocycles. The van der Waals surface area contributed by atoms with E-state index in [1.807, 2.05) is 18.2 Å². The summed E-state index contributed by atoms with van der Waals surface area (Å²) in [5.74, 6) is 1.61. The summed E-state index contributed by atoms with van der Waals surface area (Å²) in [6.07, 6.45) is 4.88. The molecule has 0 fully saturated rings. The Hall–Kier alpha value is -1.23. The minimum atomic E-state index is 0. The number of hydrogen-bond donors (Lipinski definition) is 1. The first kappa shape index (κ1) is 21.8. The van der Waals surface area contributed by atoms with Crippen LogP contribution >= 0.6 is 0 Å². The van der Waals surface area contributed by atoms with Crippen LogP contribution in [0, 0.1) is 0 Å². The van der Waals surface area contributed by atoms with Crippen molar-refractivity contribution in [3.63, 3.8) is 0 Å². The van der Waals surface area contributed by atoms with Crippen LogP contribution in [0.5, 0.6) is 11.5 Å². The Balaban J connectivity index is 0.00000484. The van der Waals surface area contributed by atoms with Crippen molar-refractivity contribution in [2.45, 2.75) is 19.3 Å². The highest BCUT2D eigenvalue weighted by Crippen LogP contribution is 2.28. The molecule has 0 spiro atoms. The van der Waals surface area contributed by atoms with Crippen molar-refractivity contribution in [1.29, 1.82) is 0 Å². The molecule has 0 atom stereocenters. The fraction of sp³-hybridized carbons (Fsp3) is 0.556. The normalized spacial score (nSPS) is 10.3. The molecule has 0 unspecified atom stereocenters. The fourth-order valence-corrected chi connectivity index (χ4v) is 2.09. The minimum absolute atomic E-state index is 0. The molecular formula is C18H30ClN2O2-. The molecule has 4 nitrogen and oxygen atoms in total. The van der Waals surface area contributed by atoms with Crippen LogP contribution in [0.25, 0.3) is 0 Å². The highest BCUT2D eigenvalue weighted by molar-refractivity contribution is 5.43. The second-order valence-corrected chi connectivity index (χ2v) is 5.59. The van der Waals surface area contributed by atoms with Crippen molar-refractivity contribution in [1.82, 2.24) is 10.2 Å². The highest BCUT2D eigenvalue weighted by atomic mass is 35.5. The van der Waals surface area contributed by atoms with E-state index in [9.17, 15) is 0 Å². The van der Waals surface area contributed by atoms with Crippen LogP contribution in [-0.2, 0) is 6.42 Å². The number of likely N-dealkylation sites (N-methyl/N-ethyl adjacent to an activating group) is 1. The molecule has 0 bridgehead atoms. The number of nitrogens with zero attached hydrogens (tertiary/aromatic N) is 1. The smallest absolute Gasteiger partial charge is 0.161 e. The maximum Gasteiger partial charge on any atom is 0.161 e. The van der Waals surface area contributed by atoms with Crippen LogP contribution < -0.4 is 27.2 Å². The first-order valence-electron chi connectivity index (χ1n) is 7.93. The Kier molecular flexibility index (Phi) is 12.5. The summed E-state index contributed by atoms with van der Waals surface area (Å²) in [6.45, 7) is 7.61. The zero-order valence-corrected chi connectivity index (χ0v) is 15.4. The Morgan fingerprint density at radius 2 is 1.96 bits per heavy atom. The third-order valence-electron chi connectivity index (χ3n) is 3.35. The second kappa shape index (κ2) is 13.2. The molecule has 0 amide bonds. The second-order valence-electron chi connectivity index (χ2n) is 5.59. The lowest BCUT2D eigenvalue weighted by molar-refractivity contribution is -0.00000543. The summed E-state index contributed by atoms with van der Waals surface area (Å²) in [4.78, 5) is 2.18. The van der Waals surface area contributed by atoms with Gasteiger partial charge in [-0.15, -0.1) is 6.58 Å². The average Bonchev–Trinajstić information content (AvgIpc) is 2.50. The molecule has 0 aliphatic rings. The van der Waals surface area contributed by atoms with Gasteiger partial charge < -0.3 is 32.1 Å². The monoisotopic (exact) mass is 341 g/mol. The number of nitrogens with one attached hydrogen (secondary N) is 1. The molecule has 0 radical (unpaired) electrons. The van der Waals surface area contributed by atoms with Crippen molar-refractivity contribution < 1.29 is 21.9 Å². The molecule has 1 aromatic carbocycles.